The van der Waals surface area contributed by atoms with Gasteiger partial charge in [0, 0.05) is 16.9 Å². The standard InChI is InChI=1S/C13H13BrN2O2/c14-9-4-8(5-15-6-9)7-16-12(17)10-2-1-3-11(10)13(16)18/h4-6,10-11H,1-3,7H2. The number of nitrogens with zero attached hydrogens (tertiary/aromatic N) is 2. The smallest absolute Gasteiger partial charge is 0.233 e. The molecule has 1 aliphatic heterocycles. The van der Waals surface area contributed by atoms with Gasteiger partial charge in [-0.3, -0.25) is 19.5 Å². The van der Waals surface area contributed by atoms with Gasteiger partial charge in [0.05, 0.1) is 18.4 Å². The average molecular weight is 309 g/mol. The molecule has 2 amide bonds. The lowest BCUT2D eigenvalue weighted by Crippen LogP contribution is -2.31. The number of likely N-dealkylation sites (tertiary alicyclic amines) is 1. The van der Waals surface area contributed by atoms with Crippen LogP contribution < -0.4 is 0 Å². The lowest BCUT2D eigenvalue weighted by molar-refractivity contribution is -0.141. The van der Waals surface area contributed by atoms with Gasteiger partial charge in [-0.2, -0.15) is 0 Å². The Morgan fingerprint density at radius 3 is 2.50 bits per heavy atom. The van der Waals surface area contributed by atoms with Crippen molar-refractivity contribution in [1.82, 2.24) is 9.88 Å². The van der Waals surface area contributed by atoms with Gasteiger partial charge in [-0.1, -0.05) is 6.42 Å². The number of aromatic nitrogens is 1. The molecule has 94 valence electrons. The highest BCUT2D eigenvalue weighted by Gasteiger charge is 2.49. The van der Waals surface area contributed by atoms with Crippen molar-refractivity contribution < 1.29 is 9.59 Å². The molecule has 0 aromatic carbocycles. The number of halogens is 1. The summed E-state index contributed by atoms with van der Waals surface area (Å²) in [6, 6.07) is 1.89. The van der Waals surface area contributed by atoms with E-state index in [9.17, 15) is 9.59 Å². The topological polar surface area (TPSA) is 50.3 Å². The molecule has 2 fully saturated rings. The Hall–Kier alpha value is -1.23. The summed E-state index contributed by atoms with van der Waals surface area (Å²) in [5, 5.41) is 0. The second-order valence-electron chi connectivity index (χ2n) is 4.92. The van der Waals surface area contributed by atoms with E-state index >= 15 is 0 Å². The SMILES string of the molecule is O=C1C2CCCC2C(=O)N1Cc1cncc(Br)c1. The fourth-order valence-electron chi connectivity index (χ4n) is 2.94. The maximum Gasteiger partial charge on any atom is 0.233 e. The maximum absolute atomic E-state index is 12.2. The molecule has 4 nitrogen and oxygen atoms in total. The summed E-state index contributed by atoms with van der Waals surface area (Å²) in [5.41, 5.74) is 0.881. The van der Waals surface area contributed by atoms with E-state index in [2.05, 4.69) is 20.9 Å². The van der Waals surface area contributed by atoms with E-state index in [1.165, 1.54) is 4.90 Å². The number of carbonyl (C=O) groups excluding carboxylic acids is 2. The van der Waals surface area contributed by atoms with Crippen LogP contribution in [0.5, 0.6) is 0 Å². The molecule has 1 aromatic heterocycles. The molecule has 0 N–H and O–H groups in total. The van der Waals surface area contributed by atoms with E-state index in [0.29, 0.717) is 6.54 Å². The Bertz CT molecular complexity index is 495. The molecule has 1 aliphatic carbocycles. The lowest BCUT2D eigenvalue weighted by Gasteiger charge is -2.15. The normalized spacial score (nSPS) is 26.8. The highest BCUT2D eigenvalue weighted by atomic mass is 79.9. The first-order chi connectivity index (χ1) is 8.66. The molecular formula is C13H13BrN2O2. The van der Waals surface area contributed by atoms with Gasteiger partial charge in [0.15, 0.2) is 0 Å². The van der Waals surface area contributed by atoms with Crippen molar-refractivity contribution >= 4 is 27.7 Å². The third kappa shape index (κ3) is 1.86. The van der Waals surface area contributed by atoms with Crippen LogP contribution in [0, 0.1) is 11.8 Å². The van der Waals surface area contributed by atoms with E-state index in [4.69, 9.17) is 0 Å². The molecule has 2 aliphatic rings. The number of amides is 2. The first kappa shape index (κ1) is 11.8. The van der Waals surface area contributed by atoms with Crippen LogP contribution >= 0.6 is 15.9 Å². The van der Waals surface area contributed by atoms with Crippen molar-refractivity contribution in [3.63, 3.8) is 0 Å². The van der Waals surface area contributed by atoms with Crippen LogP contribution in [0.1, 0.15) is 24.8 Å². The van der Waals surface area contributed by atoms with Crippen LogP contribution in [0.3, 0.4) is 0 Å². The fraction of sp³-hybridized carbons (Fsp3) is 0.462. The Morgan fingerprint density at radius 1 is 1.22 bits per heavy atom. The van der Waals surface area contributed by atoms with Crippen LogP contribution in [0.15, 0.2) is 22.9 Å². The van der Waals surface area contributed by atoms with Gasteiger partial charge >= 0.3 is 0 Å². The second-order valence-corrected chi connectivity index (χ2v) is 5.83. The molecule has 3 rings (SSSR count). The predicted octanol–water partition coefficient (Wildman–Crippen LogP) is 2.13. The van der Waals surface area contributed by atoms with E-state index in [1.54, 1.807) is 12.4 Å². The summed E-state index contributed by atoms with van der Waals surface area (Å²) >= 11 is 3.34. The molecule has 0 spiro atoms. The van der Waals surface area contributed by atoms with Crippen LogP contribution in [-0.2, 0) is 16.1 Å². The fourth-order valence-corrected chi connectivity index (χ4v) is 3.35. The molecule has 1 aromatic rings. The highest BCUT2D eigenvalue weighted by molar-refractivity contribution is 9.10. The van der Waals surface area contributed by atoms with Gasteiger partial charge in [-0.15, -0.1) is 0 Å². The lowest BCUT2D eigenvalue weighted by atomic mass is 10.00. The summed E-state index contributed by atoms with van der Waals surface area (Å²) < 4.78 is 0.860. The molecule has 0 radical (unpaired) electrons. The van der Waals surface area contributed by atoms with Crippen molar-refractivity contribution in [3.8, 4) is 0 Å². The van der Waals surface area contributed by atoms with Crippen LogP contribution in [-0.4, -0.2) is 21.7 Å². The molecule has 5 heteroatoms. The number of imide groups is 1. The van der Waals surface area contributed by atoms with E-state index in [1.807, 2.05) is 6.07 Å². The third-order valence-electron chi connectivity index (χ3n) is 3.78. The summed E-state index contributed by atoms with van der Waals surface area (Å²) in [6.07, 6.45) is 6.11. The van der Waals surface area contributed by atoms with Crippen LogP contribution in [0.25, 0.3) is 0 Å². The monoisotopic (exact) mass is 308 g/mol. The van der Waals surface area contributed by atoms with Gasteiger partial charge in [0.2, 0.25) is 11.8 Å². The molecule has 1 saturated heterocycles. The van der Waals surface area contributed by atoms with Crippen molar-refractivity contribution in [2.45, 2.75) is 25.8 Å². The predicted molar refractivity (Wildman–Crippen MR) is 68.3 cm³/mol. The minimum atomic E-state index is -0.0578. The number of pyridine rings is 1. The van der Waals surface area contributed by atoms with Crippen molar-refractivity contribution in [3.05, 3.63) is 28.5 Å². The molecule has 2 heterocycles. The largest absolute Gasteiger partial charge is 0.278 e. The van der Waals surface area contributed by atoms with Gasteiger partial charge in [-0.25, -0.2) is 0 Å². The maximum atomic E-state index is 12.2. The molecule has 0 bridgehead atoms. The Kier molecular flexibility index (Phi) is 2.93. The Balaban J connectivity index is 1.81. The van der Waals surface area contributed by atoms with E-state index in [-0.39, 0.29) is 23.7 Å². The van der Waals surface area contributed by atoms with Crippen molar-refractivity contribution in [2.75, 3.05) is 0 Å². The van der Waals surface area contributed by atoms with E-state index in [0.717, 1.165) is 29.3 Å². The summed E-state index contributed by atoms with van der Waals surface area (Å²) in [4.78, 5) is 29.8. The zero-order valence-electron chi connectivity index (χ0n) is 9.80. The van der Waals surface area contributed by atoms with Crippen molar-refractivity contribution in [1.29, 1.82) is 0 Å². The number of rotatable bonds is 2. The first-order valence-electron chi connectivity index (χ1n) is 6.11. The number of fused-ring (bicyclic) bond motifs is 1. The molecule has 2 atom stereocenters. The minimum Gasteiger partial charge on any atom is -0.278 e. The summed E-state index contributed by atoms with van der Waals surface area (Å²) in [5.74, 6) is -0.111. The van der Waals surface area contributed by atoms with Crippen LogP contribution in [0.2, 0.25) is 0 Å². The number of carbonyl (C=O) groups is 2. The van der Waals surface area contributed by atoms with Crippen molar-refractivity contribution in [2.24, 2.45) is 11.8 Å². The molecular weight excluding hydrogens is 296 g/mol. The quantitative estimate of drug-likeness (QED) is 0.786. The second kappa shape index (κ2) is 4.46. The zero-order chi connectivity index (χ0) is 12.7. The summed E-state index contributed by atoms with van der Waals surface area (Å²) in [6.45, 7) is 0.344. The average Bonchev–Trinajstić information content (AvgIpc) is 2.90. The summed E-state index contributed by atoms with van der Waals surface area (Å²) in [7, 11) is 0. The van der Waals surface area contributed by atoms with Gasteiger partial charge in [0.1, 0.15) is 0 Å². The Morgan fingerprint density at radius 2 is 1.89 bits per heavy atom. The molecule has 2 unspecified atom stereocenters. The van der Waals surface area contributed by atoms with Gasteiger partial charge in [0.25, 0.3) is 0 Å². The number of hydrogen-bond acceptors (Lipinski definition) is 3. The number of hydrogen-bond donors (Lipinski definition) is 0. The van der Waals surface area contributed by atoms with Crippen LogP contribution in [0.4, 0.5) is 0 Å². The Labute approximate surface area is 114 Å². The first-order valence-corrected chi connectivity index (χ1v) is 6.91. The minimum absolute atomic E-state index is 0.00229. The van der Waals surface area contributed by atoms with Gasteiger partial charge in [-0.05, 0) is 40.4 Å². The van der Waals surface area contributed by atoms with E-state index < -0.39 is 0 Å². The zero-order valence-corrected chi connectivity index (χ0v) is 11.4. The molecule has 1 saturated carbocycles. The third-order valence-corrected chi connectivity index (χ3v) is 4.22. The van der Waals surface area contributed by atoms with Gasteiger partial charge < -0.3 is 0 Å². The molecule has 18 heavy (non-hydrogen) atoms. The highest BCUT2D eigenvalue weighted by Crippen LogP contribution is 2.40.